The minimum Gasteiger partial charge on any atom is -0.369 e. The quantitative estimate of drug-likeness (QED) is 0.374. The standard InChI is InChI=1S/C20H33N5O/c1-16-6-5-7-17(14-16)15-24-20(22-2)23-10-3-4-11-25-12-8-18(9-13-25)19(21)26/h5-7,14,18H,3-4,8-13,15H2,1-2H3,(H2,21,26)(H2,22,23,24). The highest BCUT2D eigenvalue weighted by Crippen LogP contribution is 2.16. The number of piperidine rings is 1. The van der Waals surface area contributed by atoms with Gasteiger partial charge in [-0.2, -0.15) is 0 Å². The molecule has 144 valence electrons. The Morgan fingerprint density at radius 1 is 1.27 bits per heavy atom. The number of benzene rings is 1. The Kier molecular flexibility index (Phi) is 8.41. The van der Waals surface area contributed by atoms with Crippen molar-refractivity contribution in [3.63, 3.8) is 0 Å². The molecule has 1 aliphatic heterocycles. The van der Waals surface area contributed by atoms with Crippen molar-refractivity contribution < 1.29 is 4.79 Å². The van der Waals surface area contributed by atoms with Gasteiger partial charge in [0.1, 0.15) is 0 Å². The first-order chi connectivity index (χ1) is 12.6. The summed E-state index contributed by atoms with van der Waals surface area (Å²) in [6.45, 7) is 6.85. The Hall–Kier alpha value is -2.08. The number of aryl methyl sites for hydroxylation is 1. The summed E-state index contributed by atoms with van der Waals surface area (Å²) in [6.07, 6.45) is 4.05. The Balaban J connectivity index is 1.56. The number of carbonyl (C=O) groups excluding carboxylic acids is 1. The molecule has 0 aromatic heterocycles. The van der Waals surface area contributed by atoms with Crippen molar-refractivity contribution >= 4 is 11.9 Å². The lowest BCUT2D eigenvalue weighted by Gasteiger charge is -2.30. The fourth-order valence-corrected chi connectivity index (χ4v) is 3.34. The molecule has 0 bridgehead atoms. The average molecular weight is 360 g/mol. The minimum absolute atomic E-state index is 0.0794. The molecule has 6 heteroatoms. The first-order valence-electron chi connectivity index (χ1n) is 9.60. The molecule has 0 aliphatic carbocycles. The van der Waals surface area contributed by atoms with Gasteiger partial charge in [0, 0.05) is 26.1 Å². The van der Waals surface area contributed by atoms with Crippen LogP contribution in [0.1, 0.15) is 36.8 Å². The molecule has 0 atom stereocenters. The van der Waals surface area contributed by atoms with E-state index in [-0.39, 0.29) is 11.8 Å². The van der Waals surface area contributed by atoms with Crippen molar-refractivity contribution in [3.8, 4) is 0 Å². The number of nitrogens with one attached hydrogen (secondary N) is 2. The molecule has 1 saturated heterocycles. The molecule has 1 aromatic carbocycles. The van der Waals surface area contributed by atoms with Crippen LogP contribution in [0.15, 0.2) is 29.3 Å². The molecular weight excluding hydrogens is 326 g/mol. The monoisotopic (exact) mass is 359 g/mol. The van der Waals surface area contributed by atoms with E-state index in [1.807, 2.05) is 0 Å². The number of nitrogens with two attached hydrogens (primary N) is 1. The van der Waals surface area contributed by atoms with E-state index in [1.165, 1.54) is 11.1 Å². The SMILES string of the molecule is CN=C(NCCCCN1CCC(C(N)=O)CC1)NCc1cccc(C)c1. The molecule has 26 heavy (non-hydrogen) atoms. The Morgan fingerprint density at radius 3 is 2.69 bits per heavy atom. The average Bonchev–Trinajstić information content (AvgIpc) is 2.64. The number of amides is 1. The molecule has 6 nitrogen and oxygen atoms in total. The number of primary amides is 1. The summed E-state index contributed by atoms with van der Waals surface area (Å²) in [5.41, 5.74) is 7.91. The number of rotatable bonds is 8. The van der Waals surface area contributed by atoms with Crippen LogP contribution in [-0.2, 0) is 11.3 Å². The van der Waals surface area contributed by atoms with Crippen LogP contribution in [0.4, 0.5) is 0 Å². The van der Waals surface area contributed by atoms with Gasteiger partial charge in [0.25, 0.3) is 0 Å². The molecule has 0 saturated carbocycles. The molecule has 4 N–H and O–H groups in total. The number of hydrogen-bond donors (Lipinski definition) is 3. The molecule has 2 rings (SSSR count). The number of aliphatic imine (C=N–C) groups is 1. The smallest absolute Gasteiger partial charge is 0.220 e. The van der Waals surface area contributed by atoms with Crippen LogP contribution in [0, 0.1) is 12.8 Å². The van der Waals surface area contributed by atoms with Gasteiger partial charge in [-0.3, -0.25) is 9.79 Å². The lowest BCUT2D eigenvalue weighted by Crippen LogP contribution is -2.39. The van der Waals surface area contributed by atoms with E-state index < -0.39 is 0 Å². The maximum atomic E-state index is 11.2. The summed E-state index contributed by atoms with van der Waals surface area (Å²) in [7, 11) is 1.80. The lowest BCUT2D eigenvalue weighted by atomic mass is 9.96. The zero-order valence-electron chi connectivity index (χ0n) is 16.1. The minimum atomic E-state index is -0.140. The second-order valence-electron chi connectivity index (χ2n) is 7.07. The summed E-state index contributed by atoms with van der Waals surface area (Å²) in [5, 5.41) is 6.73. The molecule has 0 unspecified atom stereocenters. The van der Waals surface area contributed by atoms with Crippen LogP contribution in [0.5, 0.6) is 0 Å². The summed E-state index contributed by atoms with van der Waals surface area (Å²) in [4.78, 5) is 17.9. The van der Waals surface area contributed by atoms with Crippen LogP contribution in [0.3, 0.4) is 0 Å². The molecule has 0 spiro atoms. The van der Waals surface area contributed by atoms with Crippen molar-refractivity contribution in [1.29, 1.82) is 0 Å². The maximum absolute atomic E-state index is 11.2. The van der Waals surface area contributed by atoms with Crippen LogP contribution in [0.2, 0.25) is 0 Å². The van der Waals surface area contributed by atoms with Gasteiger partial charge in [-0.1, -0.05) is 29.8 Å². The third-order valence-corrected chi connectivity index (χ3v) is 4.95. The molecule has 1 aliphatic rings. The van der Waals surface area contributed by atoms with Gasteiger partial charge in [0.2, 0.25) is 5.91 Å². The molecule has 1 amide bonds. The third kappa shape index (κ3) is 7.04. The second kappa shape index (κ2) is 10.8. The summed E-state index contributed by atoms with van der Waals surface area (Å²) < 4.78 is 0. The Labute approximate surface area is 157 Å². The third-order valence-electron chi connectivity index (χ3n) is 4.95. The summed E-state index contributed by atoms with van der Waals surface area (Å²) in [6, 6.07) is 8.48. The van der Waals surface area contributed by atoms with Crippen molar-refractivity contribution in [2.24, 2.45) is 16.6 Å². The molecule has 1 fully saturated rings. The van der Waals surface area contributed by atoms with Gasteiger partial charge in [-0.25, -0.2) is 0 Å². The van der Waals surface area contributed by atoms with E-state index in [2.05, 4.69) is 51.7 Å². The summed E-state index contributed by atoms with van der Waals surface area (Å²) in [5.74, 6) is 0.780. The fourth-order valence-electron chi connectivity index (χ4n) is 3.34. The Bertz CT molecular complexity index is 594. The van der Waals surface area contributed by atoms with Crippen LogP contribution < -0.4 is 16.4 Å². The van der Waals surface area contributed by atoms with Crippen LogP contribution >= 0.6 is 0 Å². The first-order valence-corrected chi connectivity index (χ1v) is 9.60. The van der Waals surface area contributed by atoms with Crippen LogP contribution in [0.25, 0.3) is 0 Å². The van der Waals surface area contributed by atoms with Crippen molar-refractivity contribution in [2.45, 2.75) is 39.2 Å². The largest absolute Gasteiger partial charge is 0.369 e. The van der Waals surface area contributed by atoms with E-state index >= 15 is 0 Å². The van der Waals surface area contributed by atoms with E-state index in [1.54, 1.807) is 7.05 Å². The number of unbranched alkanes of at least 4 members (excludes halogenated alkanes) is 1. The summed E-state index contributed by atoms with van der Waals surface area (Å²) >= 11 is 0. The van der Waals surface area contributed by atoms with Crippen LogP contribution in [-0.4, -0.2) is 50.0 Å². The normalized spacial score (nSPS) is 16.5. The van der Waals surface area contributed by atoms with Gasteiger partial charge in [0.15, 0.2) is 5.96 Å². The predicted molar refractivity (Wildman–Crippen MR) is 107 cm³/mol. The van der Waals surface area contributed by atoms with E-state index in [9.17, 15) is 4.79 Å². The number of nitrogens with zero attached hydrogens (tertiary/aromatic N) is 2. The van der Waals surface area contributed by atoms with Gasteiger partial charge in [-0.15, -0.1) is 0 Å². The van der Waals surface area contributed by atoms with Gasteiger partial charge < -0.3 is 21.3 Å². The molecule has 1 aromatic rings. The highest BCUT2D eigenvalue weighted by molar-refractivity contribution is 5.79. The fraction of sp³-hybridized carbons (Fsp3) is 0.600. The number of hydrogen-bond acceptors (Lipinski definition) is 3. The maximum Gasteiger partial charge on any atom is 0.220 e. The second-order valence-corrected chi connectivity index (χ2v) is 7.07. The number of carbonyl (C=O) groups is 1. The highest BCUT2D eigenvalue weighted by Gasteiger charge is 2.22. The number of guanidine groups is 1. The van der Waals surface area contributed by atoms with Crippen molar-refractivity contribution in [3.05, 3.63) is 35.4 Å². The zero-order valence-corrected chi connectivity index (χ0v) is 16.1. The highest BCUT2D eigenvalue weighted by atomic mass is 16.1. The number of likely N-dealkylation sites (tertiary alicyclic amines) is 1. The van der Waals surface area contributed by atoms with Gasteiger partial charge in [0.05, 0.1) is 0 Å². The molecule has 0 radical (unpaired) electrons. The predicted octanol–water partition coefficient (Wildman–Crippen LogP) is 1.64. The van der Waals surface area contributed by atoms with E-state index in [0.29, 0.717) is 0 Å². The zero-order chi connectivity index (χ0) is 18.8. The van der Waals surface area contributed by atoms with Gasteiger partial charge in [-0.05, 0) is 57.8 Å². The van der Waals surface area contributed by atoms with E-state index in [0.717, 1.165) is 64.4 Å². The lowest BCUT2D eigenvalue weighted by molar-refractivity contribution is -0.123. The first kappa shape index (κ1) is 20.2. The van der Waals surface area contributed by atoms with Gasteiger partial charge >= 0.3 is 0 Å². The van der Waals surface area contributed by atoms with Crippen molar-refractivity contribution in [2.75, 3.05) is 33.2 Å². The molecule has 1 heterocycles. The van der Waals surface area contributed by atoms with Crippen molar-refractivity contribution in [1.82, 2.24) is 15.5 Å². The Morgan fingerprint density at radius 2 is 2.04 bits per heavy atom. The molecular formula is C20H33N5O. The topological polar surface area (TPSA) is 82.8 Å². The van der Waals surface area contributed by atoms with E-state index in [4.69, 9.17) is 5.73 Å².